The Kier molecular flexibility index (Phi) is 4.77. The molecule has 8 heteroatoms. The molecule has 0 amide bonds. The lowest BCUT2D eigenvalue weighted by Gasteiger charge is -2.26. The Morgan fingerprint density at radius 3 is 2.81 bits per heavy atom. The van der Waals surface area contributed by atoms with E-state index in [9.17, 15) is 19.1 Å². The van der Waals surface area contributed by atoms with Gasteiger partial charge in [-0.15, -0.1) is 0 Å². The molecule has 0 saturated carbocycles. The maximum absolute atomic E-state index is 13.8. The van der Waals surface area contributed by atoms with Gasteiger partial charge in [-0.2, -0.15) is 0 Å². The minimum Gasteiger partial charge on any atom is -0.462 e. The molecule has 3 N–H and O–H groups in total. The van der Waals surface area contributed by atoms with Crippen LogP contribution in [0.15, 0.2) is 51.0 Å². The van der Waals surface area contributed by atoms with Crippen LogP contribution in [0.1, 0.15) is 29.9 Å². The Bertz CT molecular complexity index is 949. The molecule has 1 aromatic heterocycles. The number of aliphatic hydroxyl groups is 1. The molecule has 0 spiro atoms. The second-order valence-electron chi connectivity index (χ2n) is 5.52. The summed E-state index contributed by atoms with van der Waals surface area (Å²) in [6.45, 7) is 1.17. The molecule has 26 heavy (non-hydrogen) atoms. The number of aliphatic hydroxyl groups excluding tert-OH is 1. The molecule has 7 nitrogen and oxygen atoms in total. The Labute approximate surface area is 147 Å². The molecule has 1 aliphatic heterocycles. The summed E-state index contributed by atoms with van der Waals surface area (Å²) in [5.74, 6) is -2.96. The molecular weight excluding hydrogens is 345 g/mol. The molecule has 0 unspecified atom stereocenters. The zero-order chi connectivity index (χ0) is 18.8. The van der Waals surface area contributed by atoms with Crippen LogP contribution in [0.25, 0.3) is 0 Å². The van der Waals surface area contributed by atoms with E-state index in [4.69, 9.17) is 19.6 Å². The van der Waals surface area contributed by atoms with Crippen molar-refractivity contribution in [2.45, 2.75) is 19.4 Å². The van der Waals surface area contributed by atoms with Crippen molar-refractivity contribution in [1.29, 1.82) is 0 Å². The molecule has 0 saturated heterocycles. The van der Waals surface area contributed by atoms with Gasteiger partial charge in [-0.3, -0.25) is 4.79 Å². The molecule has 1 aromatic carbocycles. The van der Waals surface area contributed by atoms with Crippen molar-refractivity contribution in [3.8, 4) is 5.75 Å². The molecule has 0 fully saturated rings. The number of halogens is 1. The van der Waals surface area contributed by atoms with Crippen molar-refractivity contribution < 1.29 is 28.2 Å². The summed E-state index contributed by atoms with van der Waals surface area (Å²) in [6.07, 6.45) is 0. The zero-order valence-corrected chi connectivity index (χ0v) is 13.8. The van der Waals surface area contributed by atoms with Crippen LogP contribution in [0.3, 0.4) is 0 Å². The minimum atomic E-state index is -1.02. The highest BCUT2D eigenvalue weighted by atomic mass is 19.1. The predicted octanol–water partition coefficient (Wildman–Crippen LogP) is 1.53. The third-order valence-corrected chi connectivity index (χ3v) is 3.84. The maximum Gasteiger partial charge on any atom is 0.340 e. The highest BCUT2D eigenvalue weighted by Gasteiger charge is 2.39. The van der Waals surface area contributed by atoms with Gasteiger partial charge in [0, 0.05) is 6.07 Å². The predicted molar refractivity (Wildman–Crippen MR) is 87.6 cm³/mol. The van der Waals surface area contributed by atoms with Crippen molar-refractivity contribution >= 4 is 5.97 Å². The van der Waals surface area contributed by atoms with Gasteiger partial charge in [0.2, 0.25) is 17.1 Å². The van der Waals surface area contributed by atoms with Gasteiger partial charge in [-0.25, -0.2) is 9.18 Å². The average Bonchev–Trinajstić information content (AvgIpc) is 2.61. The van der Waals surface area contributed by atoms with Crippen LogP contribution in [0.2, 0.25) is 0 Å². The Hall–Kier alpha value is -3.13. The molecule has 0 bridgehead atoms. The number of fused-ring (bicyclic) bond motifs is 1. The van der Waals surface area contributed by atoms with Crippen LogP contribution >= 0.6 is 0 Å². The first-order valence-corrected chi connectivity index (χ1v) is 7.84. The number of carbonyl (C=O) groups excluding carboxylic acids is 1. The van der Waals surface area contributed by atoms with Crippen LogP contribution < -0.4 is 15.9 Å². The molecule has 2 heterocycles. The van der Waals surface area contributed by atoms with Gasteiger partial charge in [0.05, 0.1) is 12.5 Å². The second-order valence-corrected chi connectivity index (χ2v) is 5.52. The van der Waals surface area contributed by atoms with E-state index in [0.717, 1.165) is 6.07 Å². The van der Waals surface area contributed by atoms with Crippen molar-refractivity contribution in [2.75, 3.05) is 6.61 Å². The quantitative estimate of drug-likeness (QED) is 0.794. The number of benzene rings is 1. The minimum absolute atomic E-state index is 0.0255. The number of hydrogen-bond donors (Lipinski definition) is 2. The van der Waals surface area contributed by atoms with Crippen molar-refractivity contribution in [2.24, 2.45) is 5.73 Å². The monoisotopic (exact) mass is 361 g/mol. The molecule has 136 valence electrons. The first kappa shape index (κ1) is 17.7. The Morgan fingerprint density at radius 1 is 1.38 bits per heavy atom. The van der Waals surface area contributed by atoms with Crippen molar-refractivity contribution in [3.63, 3.8) is 0 Å². The summed E-state index contributed by atoms with van der Waals surface area (Å²) in [4.78, 5) is 24.7. The number of nitrogens with two attached hydrogens (primary N) is 1. The molecule has 1 aliphatic rings. The van der Waals surface area contributed by atoms with E-state index in [0.29, 0.717) is 5.56 Å². The summed E-state index contributed by atoms with van der Waals surface area (Å²) in [5.41, 5.74) is 5.49. The number of carbonyl (C=O) groups is 1. The molecule has 0 aliphatic carbocycles. The van der Waals surface area contributed by atoms with Crippen LogP contribution in [0.4, 0.5) is 4.39 Å². The number of ether oxygens (including phenoxy) is 2. The lowest BCUT2D eigenvalue weighted by Crippen LogP contribution is -2.30. The molecule has 0 radical (unpaired) electrons. The van der Waals surface area contributed by atoms with Gasteiger partial charge in [-0.05, 0) is 24.6 Å². The zero-order valence-electron chi connectivity index (χ0n) is 13.8. The lowest BCUT2D eigenvalue weighted by molar-refractivity contribution is -0.139. The van der Waals surface area contributed by atoms with E-state index in [1.54, 1.807) is 13.0 Å². The summed E-state index contributed by atoms with van der Waals surface area (Å²) in [6, 6.07) is 6.50. The highest BCUT2D eigenvalue weighted by Crippen LogP contribution is 2.41. The maximum atomic E-state index is 13.8. The summed E-state index contributed by atoms with van der Waals surface area (Å²) in [7, 11) is 0. The van der Waals surface area contributed by atoms with Crippen LogP contribution in [-0.4, -0.2) is 17.7 Å². The topological polar surface area (TPSA) is 112 Å². The van der Waals surface area contributed by atoms with Gasteiger partial charge < -0.3 is 24.7 Å². The highest BCUT2D eigenvalue weighted by molar-refractivity contribution is 5.92. The number of esters is 1. The Balaban J connectivity index is 2.28. The van der Waals surface area contributed by atoms with Crippen LogP contribution in [-0.2, 0) is 16.1 Å². The van der Waals surface area contributed by atoms with Gasteiger partial charge in [0.1, 0.15) is 23.8 Å². The molecule has 3 rings (SSSR count). The fourth-order valence-electron chi connectivity index (χ4n) is 2.79. The third-order valence-electron chi connectivity index (χ3n) is 3.84. The fourth-order valence-corrected chi connectivity index (χ4v) is 2.79. The van der Waals surface area contributed by atoms with E-state index in [-0.39, 0.29) is 35.3 Å². The van der Waals surface area contributed by atoms with Crippen molar-refractivity contribution in [3.05, 3.63) is 74.9 Å². The van der Waals surface area contributed by atoms with Gasteiger partial charge in [-0.1, -0.05) is 12.1 Å². The number of hydrogen-bond acceptors (Lipinski definition) is 7. The van der Waals surface area contributed by atoms with Crippen molar-refractivity contribution in [1.82, 2.24) is 0 Å². The average molecular weight is 361 g/mol. The SMILES string of the molecule is CCOC(=O)C1=C(N)Oc2c(oc(CO)cc2=O)[C@@H]1c1cccc(F)c1. The second kappa shape index (κ2) is 7.01. The molecule has 2 aromatic rings. The van der Waals surface area contributed by atoms with Crippen LogP contribution in [0.5, 0.6) is 5.75 Å². The van der Waals surface area contributed by atoms with E-state index in [1.807, 2.05) is 0 Å². The van der Waals surface area contributed by atoms with E-state index in [2.05, 4.69) is 0 Å². The van der Waals surface area contributed by atoms with E-state index in [1.165, 1.54) is 18.2 Å². The van der Waals surface area contributed by atoms with Gasteiger partial charge in [0.15, 0.2) is 5.76 Å². The summed E-state index contributed by atoms with van der Waals surface area (Å²) < 4.78 is 29.6. The first-order chi connectivity index (χ1) is 12.5. The van der Waals surface area contributed by atoms with E-state index < -0.39 is 29.7 Å². The van der Waals surface area contributed by atoms with Gasteiger partial charge in [0.25, 0.3) is 0 Å². The molecule has 1 atom stereocenters. The first-order valence-electron chi connectivity index (χ1n) is 7.84. The molecular formula is C18H16FNO6. The number of rotatable bonds is 4. The standard InChI is InChI=1S/C18H16FNO6/c1-2-24-18(23)14-13(9-4-3-5-10(19)6-9)16-15(26-17(14)20)12(22)7-11(8-21)25-16/h3-7,13,21H,2,8,20H2,1H3/t13-/m1/s1. The Morgan fingerprint density at radius 2 is 2.15 bits per heavy atom. The largest absolute Gasteiger partial charge is 0.462 e. The van der Waals surface area contributed by atoms with Crippen LogP contribution in [0, 0.1) is 5.82 Å². The normalized spacial score (nSPS) is 16.0. The smallest absolute Gasteiger partial charge is 0.340 e. The van der Waals surface area contributed by atoms with E-state index >= 15 is 0 Å². The lowest BCUT2D eigenvalue weighted by atomic mass is 9.86. The third kappa shape index (κ3) is 3.06. The summed E-state index contributed by atoms with van der Waals surface area (Å²) in [5, 5.41) is 9.31. The summed E-state index contributed by atoms with van der Waals surface area (Å²) >= 11 is 0. The fraction of sp³-hybridized carbons (Fsp3) is 0.222. The van der Waals surface area contributed by atoms with Gasteiger partial charge >= 0.3 is 5.97 Å².